The Morgan fingerprint density at radius 2 is 0.880 bits per heavy atom. The molecule has 0 radical (unpaired) electrons. The summed E-state index contributed by atoms with van der Waals surface area (Å²) in [5.41, 5.74) is 40.5. The number of hydrogen-bond donors (Lipinski definition) is 11. The molecule has 0 spiro atoms. The number of fused-ring (bicyclic) bond motifs is 5. The maximum absolute atomic E-state index is 12.4. The van der Waals surface area contributed by atoms with Crippen LogP contribution < -0.4 is 60.6 Å². The number of nitrogens with two attached hydrogens (primary N) is 5. The summed E-state index contributed by atoms with van der Waals surface area (Å²) < 4.78 is 26.6. The van der Waals surface area contributed by atoms with Crippen LogP contribution in [0.5, 0.6) is 0 Å². The van der Waals surface area contributed by atoms with Crippen LogP contribution in [0.25, 0.3) is 0 Å². The van der Waals surface area contributed by atoms with Crippen molar-refractivity contribution in [1.29, 1.82) is 0 Å². The van der Waals surface area contributed by atoms with Gasteiger partial charge in [-0.1, -0.05) is 38.1 Å². The number of carbonyl (C=O) groups is 5. The molecule has 5 aromatic carbocycles. The minimum Gasteiger partial charge on any atom is -0.399 e. The van der Waals surface area contributed by atoms with E-state index < -0.39 is 5.54 Å². The number of nitrogens with one attached hydrogen (secondary N) is 6. The number of hydrogen-bond acceptors (Lipinski definition) is 20. The lowest BCUT2D eigenvalue weighted by atomic mass is 9.97. The first-order valence-corrected chi connectivity index (χ1v) is 31.4. The van der Waals surface area contributed by atoms with E-state index in [1.54, 1.807) is 51.7 Å². The zero-order valence-corrected chi connectivity index (χ0v) is 54.8. The van der Waals surface area contributed by atoms with Gasteiger partial charge in [0.15, 0.2) is 6.29 Å². The zero-order chi connectivity index (χ0) is 66.6. The number of methoxy groups -OCH3 is 3. The Bertz CT molecular complexity index is 3300. The zero-order valence-electron chi connectivity index (χ0n) is 54.8. The molecule has 6 unspecified atom stereocenters. The Morgan fingerprint density at radius 3 is 1.30 bits per heavy atom. The first kappa shape index (κ1) is 71.3. The number of nitrogens with zero attached hydrogens (tertiary/aromatic N) is 4. The van der Waals surface area contributed by atoms with E-state index in [-0.39, 0.29) is 66.6 Å². The van der Waals surface area contributed by atoms with E-state index in [1.807, 2.05) is 98.5 Å². The molecule has 0 saturated carbocycles. The SMILES string of the molecule is CC1(COC2CCCCO2)Nc2ccc(N)cc2NC1=O.CCN(CC)C1Cc2ccc(N)cc2NC1=O.CN(C)C1Cc2ccc(N)cc2NC1=O.COCCN(C)C1Cc2ccc(N)cc2NC1=O.COCCN(CCOC)C1Cc2ccc(N)cc2NC1=O. The molecule has 1 fully saturated rings. The molecule has 16 N–H and O–H groups in total. The van der Waals surface area contributed by atoms with Crippen molar-refractivity contribution in [3.05, 3.63) is 113 Å². The molecular weight excluding hydrogens is 1170 g/mol. The molecule has 6 heterocycles. The van der Waals surface area contributed by atoms with Gasteiger partial charge in [0.2, 0.25) is 23.6 Å². The third-order valence-corrected chi connectivity index (χ3v) is 17.0. The van der Waals surface area contributed by atoms with E-state index in [2.05, 4.69) is 55.5 Å². The summed E-state index contributed by atoms with van der Waals surface area (Å²) >= 11 is 0. The van der Waals surface area contributed by atoms with Gasteiger partial charge in [-0.05, 0) is 175 Å². The standard InChI is InChI=1S/C15H21N3O3.C15H23N3O3.C13H19N3O2.C13H19N3O.C11H15N3O/c1-15(9-21-13-4-2-3-7-20-13)14(19)17-12-8-10(16)5-6-11(12)18-15;1-20-7-5-18(6-8-21-2)14-9-11-3-4-12(16)10-13(11)17-15(14)19;1-16(5-6-18-2)12-7-9-3-4-10(14)8-11(9)15-13(12)17;1-3-16(4-2)12-7-9-5-6-10(14)8-11(9)15-13(12)17;1-14(2)10-5-7-3-4-8(12)6-9(7)13-11(10)15/h5-6,8,13,18H,2-4,7,9,16H2,1H3,(H,17,19);3-4,10,14H,5-9,16H2,1-2H3,(H,17,19);3-4,8,12H,5-7,14H2,1-2H3,(H,15,17);5-6,8,12H,3-4,7,14H2,1-2H3,(H,15,17);3-4,6,10H,5,12H2,1-2H3,(H,13,15). The second-order valence-corrected chi connectivity index (χ2v) is 24.0. The Balaban J connectivity index is 0.000000164. The van der Waals surface area contributed by atoms with Crippen LogP contribution >= 0.6 is 0 Å². The first-order chi connectivity index (χ1) is 44.1. The number of benzene rings is 5. The van der Waals surface area contributed by atoms with Gasteiger partial charge in [0.1, 0.15) is 5.54 Å². The van der Waals surface area contributed by atoms with Crippen molar-refractivity contribution in [2.75, 3.05) is 169 Å². The Hall–Kier alpha value is -8.11. The van der Waals surface area contributed by atoms with Crippen LogP contribution in [0.4, 0.5) is 62.6 Å². The number of carbonyl (C=O) groups excluding carboxylic acids is 5. The fourth-order valence-electron chi connectivity index (χ4n) is 11.5. The fourth-order valence-corrected chi connectivity index (χ4v) is 11.5. The van der Waals surface area contributed by atoms with Crippen LogP contribution in [0.15, 0.2) is 91.0 Å². The van der Waals surface area contributed by atoms with Crippen molar-refractivity contribution in [3.63, 3.8) is 0 Å². The number of amides is 5. The van der Waals surface area contributed by atoms with Gasteiger partial charge in [0.25, 0.3) is 5.91 Å². The predicted molar refractivity (Wildman–Crippen MR) is 365 cm³/mol. The third-order valence-electron chi connectivity index (χ3n) is 17.0. The summed E-state index contributed by atoms with van der Waals surface area (Å²) in [6.45, 7) is 12.7. The molecule has 0 aromatic heterocycles. The smallest absolute Gasteiger partial charge is 0.252 e. The van der Waals surface area contributed by atoms with Gasteiger partial charge in [-0.2, -0.15) is 0 Å². The lowest BCUT2D eigenvalue weighted by Crippen LogP contribution is -2.54. The Kier molecular flexibility index (Phi) is 26.4. The van der Waals surface area contributed by atoms with Gasteiger partial charge < -0.3 is 84.3 Å². The van der Waals surface area contributed by atoms with E-state index in [9.17, 15) is 24.0 Å². The molecule has 6 aliphatic rings. The third kappa shape index (κ3) is 19.5. The fraction of sp³-hybridized carbons (Fsp3) is 0.478. The van der Waals surface area contributed by atoms with Gasteiger partial charge >= 0.3 is 0 Å². The minimum atomic E-state index is -0.816. The van der Waals surface area contributed by atoms with Crippen LogP contribution in [-0.4, -0.2) is 193 Å². The lowest BCUT2D eigenvalue weighted by Gasteiger charge is -2.37. The lowest BCUT2D eigenvalue weighted by molar-refractivity contribution is -0.170. The van der Waals surface area contributed by atoms with E-state index >= 15 is 0 Å². The van der Waals surface area contributed by atoms with E-state index in [4.69, 9.17) is 52.4 Å². The first-order valence-electron chi connectivity index (χ1n) is 31.4. The summed E-state index contributed by atoms with van der Waals surface area (Å²) in [5.74, 6) is 0.00770. The topological polar surface area (TPSA) is 347 Å². The summed E-state index contributed by atoms with van der Waals surface area (Å²) in [5, 5.41) is 17.8. The molecule has 11 rings (SSSR count). The van der Waals surface area contributed by atoms with Gasteiger partial charge in [0.05, 0.1) is 62.0 Å². The molecule has 6 atom stereocenters. The highest BCUT2D eigenvalue weighted by Crippen LogP contribution is 2.34. The van der Waals surface area contributed by atoms with Crippen LogP contribution in [0.3, 0.4) is 0 Å². The predicted octanol–water partition coefficient (Wildman–Crippen LogP) is 5.54. The normalized spacial score (nSPS) is 20.9. The Morgan fingerprint density at radius 1 is 0.489 bits per heavy atom. The van der Waals surface area contributed by atoms with E-state index in [1.165, 1.54) is 0 Å². The number of ether oxygens (including phenoxy) is 5. The van der Waals surface area contributed by atoms with Crippen molar-refractivity contribution < 1.29 is 47.7 Å². The molecule has 5 amide bonds. The molecule has 25 nitrogen and oxygen atoms in total. The summed E-state index contributed by atoms with van der Waals surface area (Å²) in [6.07, 6.45) is 5.74. The van der Waals surface area contributed by atoms with Gasteiger partial charge in [0, 0.05) is 98.8 Å². The molecule has 25 heteroatoms. The maximum atomic E-state index is 12.4. The minimum absolute atomic E-state index is 0.000283. The monoisotopic (exact) mass is 1270 g/mol. The summed E-state index contributed by atoms with van der Waals surface area (Å²) in [6, 6.07) is 27.6. The molecular formula is C67H97N15O10. The van der Waals surface area contributed by atoms with Crippen molar-refractivity contribution in [1.82, 2.24) is 19.6 Å². The van der Waals surface area contributed by atoms with Crippen LogP contribution in [0, 0.1) is 0 Å². The van der Waals surface area contributed by atoms with Gasteiger partial charge in [-0.25, -0.2) is 0 Å². The summed E-state index contributed by atoms with van der Waals surface area (Å²) in [7, 11) is 10.7. The van der Waals surface area contributed by atoms with E-state index in [0.717, 1.165) is 109 Å². The second-order valence-electron chi connectivity index (χ2n) is 24.0. The van der Waals surface area contributed by atoms with Crippen molar-refractivity contribution in [3.8, 4) is 0 Å². The highest BCUT2D eigenvalue weighted by molar-refractivity contribution is 6.06. The molecule has 500 valence electrons. The molecule has 6 aliphatic heterocycles. The second kappa shape index (κ2) is 34.0. The summed E-state index contributed by atoms with van der Waals surface area (Å²) in [4.78, 5) is 68.7. The number of likely N-dealkylation sites (N-methyl/N-ethyl adjacent to an activating group) is 3. The molecule has 0 aliphatic carbocycles. The largest absolute Gasteiger partial charge is 0.399 e. The van der Waals surface area contributed by atoms with Crippen molar-refractivity contribution in [2.24, 2.45) is 0 Å². The molecule has 1 saturated heterocycles. The van der Waals surface area contributed by atoms with Crippen LogP contribution in [0.1, 0.15) is 62.3 Å². The average Bonchev–Trinajstić information content (AvgIpc) is 0.857. The highest BCUT2D eigenvalue weighted by Gasteiger charge is 2.39. The molecule has 0 bridgehead atoms. The average molecular weight is 1270 g/mol. The van der Waals surface area contributed by atoms with Gasteiger partial charge in [-0.3, -0.25) is 43.6 Å². The number of anilines is 11. The maximum Gasteiger partial charge on any atom is 0.252 e. The number of rotatable bonds is 18. The van der Waals surface area contributed by atoms with Crippen LogP contribution in [0.2, 0.25) is 0 Å². The number of nitrogen functional groups attached to an aromatic ring is 5. The quantitative estimate of drug-likeness (QED) is 0.0480. The van der Waals surface area contributed by atoms with Crippen molar-refractivity contribution >= 4 is 92.1 Å². The van der Waals surface area contributed by atoms with Crippen molar-refractivity contribution in [2.45, 2.75) is 102 Å². The Labute approximate surface area is 541 Å². The van der Waals surface area contributed by atoms with E-state index in [0.29, 0.717) is 79.9 Å². The van der Waals surface area contributed by atoms with Crippen LogP contribution in [-0.2, 0) is 73.3 Å². The molecule has 92 heavy (non-hydrogen) atoms. The van der Waals surface area contributed by atoms with Gasteiger partial charge in [-0.15, -0.1) is 0 Å². The molecule has 5 aromatic rings. The highest BCUT2D eigenvalue weighted by atomic mass is 16.7.